The van der Waals surface area contributed by atoms with Crippen LogP contribution in [0.5, 0.6) is 0 Å². The summed E-state index contributed by atoms with van der Waals surface area (Å²) < 4.78 is 5.48. The second kappa shape index (κ2) is 4.97. The number of amides is 2. The van der Waals surface area contributed by atoms with Crippen molar-refractivity contribution in [2.75, 3.05) is 7.11 Å². The van der Waals surface area contributed by atoms with Crippen LogP contribution in [0.15, 0.2) is 0 Å². The van der Waals surface area contributed by atoms with E-state index in [0.29, 0.717) is 0 Å². The van der Waals surface area contributed by atoms with Gasteiger partial charge in [-0.3, -0.25) is 9.59 Å². The molecule has 0 bridgehead atoms. The zero-order valence-corrected chi connectivity index (χ0v) is 14.2. The van der Waals surface area contributed by atoms with Gasteiger partial charge in [0.25, 0.3) is 0 Å². The van der Waals surface area contributed by atoms with Gasteiger partial charge in [0, 0.05) is 18.6 Å². The molecule has 120 valence electrons. The number of carbonyl (C=O) groups is 2. The van der Waals surface area contributed by atoms with Crippen LogP contribution in [0.25, 0.3) is 0 Å². The van der Waals surface area contributed by atoms with E-state index >= 15 is 0 Å². The van der Waals surface area contributed by atoms with Gasteiger partial charge in [-0.15, -0.1) is 0 Å². The fourth-order valence-electron chi connectivity index (χ4n) is 3.54. The molecule has 0 spiro atoms. The van der Waals surface area contributed by atoms with Gasteiger partial charge in [-0.05, 0) is 18.8 Å². The molecule has 4 unspecified atom stereocenters. The number of methoxy groups -OCH3 is 1. The molecular weight excluding hydrogens is 268 g/mol. The van der Waals surface area contributed by atoms with Crippen molar-refractivity contribution >= 4 is 11.8 Å². The Morgan fingerprint density at radius 3 is 2.29 bits per heavy atom. The SMILES string of the molecule is COC1CC(N2C(=O)C(C(C)(C)C)NC(=O)C2C)C1(C)C. The second-order valence-electron chi connectivity index (χ2n) is 8.03. The van der Waals surface area contributed by atoms with E-state index in [1.54, 1.807) is 12.0 Å². The van der Waals surface area contributed by atoms with E-state index in [0.717, 1.165) is 6.42 Å². The number of ether oxygens (including phenoxy) is 1. The van der Waals surface area contributed by atoms with Crippen LogP contribution in [0.2, 0.25) is 0 Å². The number of rotatable bonds is 2. The molecule has 1 aliphatic carbocycles. The largest absolute Gasteiger partial charge is 0.381 e. The molecule has 0 radical (unpaired) electrons. The summed E-state index contributed by atoms with van der Waals surface area (Å²) in [4.78, 5) is 27.0. The maximum Gasteiger partial charge on any atom is 0.246 e. The lowest BCUT2D eigenvalue weighted by Crippen LogP contribution is -2.73. The van der Waals surface area contributed by atoms with Crippen molar-refractivity contribution < 1.29 is 14.3 Å². The quantitative estimate of drug-likeness (QED) is 0.841. The van der Waals surface area contributed by atoms with Crippen LogP contribution < -0.4 is 5.32 Å². The zero-order valence-electron chi connectivity index (χ0n) is 14.2. The Morgan fingerprint density at radius 2 is 1.86 bits per heavy atom. The molecule has 0 aromatic carbocycles. The molecule has 4 atom stereocenters. The molecule has 2 amide bonds. The summed E-state index contributed by atoms with van der Waals surface area (Å²) in [5, 5.41) is 2.88. The third-order valence-electron chi connectivity index (χ3n) is 5.20. The van der Waals surface area contributed by atoms with E-state index in [-0.39, 0.29) is 34.8 Å². The number of nitrogens with zero attached hydrogens (tertiary/aromatic N) is 1. The zero-order chi connectivity index (χ0) is 16.2. The van der Waals surface area contributed by atoms with E-state index in [2.05, 4.69) is 19.2 Å². The lowest BCUT2D eigenvalue weighted by atomic mass is 9.63. The van der Waals surface area contributed by atoms with Crippen molar-refractivity contribution in [3.63, 3.8) is 0 Å². The maximum atomic E-state index is 12.9. The van der Waals surface area contributed by atoms with Gasteiger partial charge in [-0.2, -0.15) is 0 Å². The van der Waals surface area contributed by atoms with Gasteiger partial charge < -0.3 is 15.0 Å². The Hall–Kier alpha value is -1.10. The smallest absolute Gasteiger partial charge is 0.246 e. The van der Waals surface area contributed by atoms with Gasteiger partial charge in [-0.1, -0.05) is 34.6 Å². The van der Waals surface area contributed by atoms with Gasteiger partial charge >= 0.3 is 0 Å². The molecule has 5 heteroatoms. The summed E-state index contributed by atoms with van der Waals surface area (Å²) in [7, 11) is 1.70. The van der Waals surface area contributed by atoms with Crippen LogP contribution in [-0.2, 0) is 14.3 Å². The number of hydrogen-bond donors (Lipinski definition) is 1. The average molecular weight is 296 g/mol. The molecular formula is C16H28N2O3. The topological polar surface area (TPSA) is 58.6 Å². The predicted octanol–water partition coefficient (Wildman–Crippen LogP) is 1.56. The van der Waals surface area contributed by atoms with Crippen LogP contribution in [-0.4, -0.2) is 48.1 Å². The molecule has 2 fully saturated rings. The molecule has 0 aromatic heterocycles. The van der Waals surface area contributed by atoms with Crippen LogP contribution in [0.3, 0.4) is 0 Å². The molecule has 2 aliphatic rings. The van der Waals surface area contributed by atoms with Gasteiger partial charge in [0.15, 0.2) is 0 Å². The third-order valence-corrected chi connectivity index (χ3v) is 5.20. The Kier molecular flexibility index (Phi) is 3.85. The number of carbonyl (C=O) groups excluding carboxylic acids is 2. The Balaban J connectivity index is 2.29. The standard InChI is InChI=1S/C16H28N2O3/c1-9-13(19)17-12(15(2,3)4)14(20)18(9)10-8-11(21-7)16(10,5)6/h9-12H,8H2,1-7H3,(H,17,19). The Labute approximate surface area is 127 Å². The number of piperazine rings is 1. The first-order valence-corrected chi connectivity index (χ1v) is 7.67. The summed E-state index contributed by atoms with van der Waals surface area (Å²) in [6, 6.07) is -0.822. The first kappa shape index (κ1) is 16.3. The highest BCUT2D eigenvalue weighted by Gasteiger charge is 2.57. The minimum Gasteiger partial charge on any atom is -0.381 e. The number of nitrogens with one attached hydrogen (secondary N) is 1. The molecule has 21 heavy (non-hydrogen) atoms. The van der Waals surface area contributed by atoms with Crippen molar-refractivity contribution in [2.45, 2.75) is 72.2 Å². The normalized spacial score (nSPS) is 36.2. The summed E-state index contributed by atoms with van der Waals surface area (Å²) in [6.07, 6.45) is 0.935. The molecule has 0 aromatic rings. The molecule has 1 N–H and O–H groups in total. The van der Waals surface area contributed by atoms with E-state index in [9.17, 15) is 9.59 Å². The van der Waals surface area contributed by atoms with E-state index < -0.39 is 12.1 Å². The highest BCUT2D eigenvalue weighted by atomic mass is 16.5. The Morgan fingerprint density at radius 1 is 1.29 bits per heavy atom. The van der Waals surface area contributed by atoms with Gasteiger partial charge in [0.1, 0.15) is 12.1 Å². The molecule has 1 aliphatic heterocycles. The first-order valence-electron chi connectivity index (χ1n) is 7.67. The minimum absolute atomic E-state index is 0.0298. The molecule has 1 heterocycles. The minimum atomic E-state index is -0.460. The summed E-state index contributed by atoms with van der Waals surface area (Å²) >= 11 is 0. The molecule has 1 saturated carbocycles. The molecule has 5 nitrogen and oxygen atoms in total. The van der Waals surface area contributed by atoms with Crippen LogP contribution in [0, 0.1) is 10.8 Å². The molecule has 2 rings (SSSR count). The fraction of sp³-hybridized carbons (Fsp3) is 0.875. The number of hydrogen-bond acceptors (Lipinski definition) is 3. The average Bonchev–Trinajstić information content (AvgIpc) is 2.35. The first-order chi connectivity index (χ1) is 9.51. The van der Waals surface area contributed by atoms with Crippen molar-refractivity contribution in [1.82, 2.24) is 10.2 Å². The van der Waals surface area contributed by atoms with Crippen LogP contribution >= 0.6 is 0 Å². The van der Waals surface area contributed by atoms with Crippen LogP contribution in [0.1, 0.15) is 48.0 Å². The van der Waals surface area contributed by atoms with Gasteiger partial charge in [0.05, 0.1) is 6.10 Å². The van der Waals surface area contributed by atoms with Crippen molar-refractivity contribution in [2.24, 2.45) is 10.8 Å². The fourth-order valence-corrected chi connectivity index (χ4v) is 3.54. The predicted molar refractivity (Wildman–Crippen MR) is 80.7 cm³/mol. The summed E-state index contributed by atoms with van der Waals surface area (Å²) in [5.74, 6) is -0.0339. The lowest BCUT2D eigenvalue weighted by molar-refractivity contribution is -0.180. The van der Waals surface area contributed by atoms with Gasteiger partial charge in [0.2, 0.25) is 11.8 Å². The lowest BCUT2D eigenvalue weighted by Gasteiger charge is -2.58. The third kappa shape index (κ3) is 2.45. The van der Waals surface area contributed by atoms with Crippen molar-refractivity contribution in [3.8, 4) is 0 Å². The Bertz CT molecular complexity index is 453. The van der Waals surface area contributed by atoms with E-state index in [4.69, 9.17) is 4.74 Å². The highest BCUT2D eigenvalue weighted by Crippen LogP contribution is 2.47. The second-order valence-corrected chi connectivity index (χ2v) is 8.03. The van der Waals surface area contributed by atoms with Gasteiger partial charge in [-0.25, -0.2) is 0 Å². The van der Waals surface area contributed by atoms with Crippen molar-refractivity contribution in [3.05, 3.63) is 0 Å². The summed E-state index contributed by atoms with van der Waals surface area (Å²) in [6.45, 7) is 12.0. The molecule has 1 saturated heterocycles. The highest BCUT2D eigenvalue weighted by molar-refractivity contribution is 5.97. The van der Waals surface area contributed by atoms with Crippen molar-refractivity contribution in [1.29, 1.82) is 0 Å². The maximum absolute atomic E-state index is 12.9. The summed E-state index contributed by atoms with van der Waals surface area (Å²) in [5.41, 5.74) is -0.418. The van der Waals surface area contributed by atoms with E-state index in [1.807, 2.05) is 27.7 Å². The van der Waals surface area contributed by atoms with E-state index in [1.165, 1.54) is 0 Å². The monoisotopic (exact) mass is 296 g/mol. The van der Waals surface area contributed by atoms with Crippen LogP contribution in [0.4, 0.5) is 0 Å².